The minimum Gasteiger partial charge on any atom is -0.333 e. The molecule has 3 aromatic rings. The molecule has 0 spiro atoms. The van der Waals surface area contributed by atoms with Gasteiger partial charge >= 0.3 is 0 Å². The number of aryl methyl sites for hydroxylation is 5. The van der Waals surface area contributed by atoms with Crippen molar-refractivity contribution in [2.24, 2.45) is 0 Å². The van der Waals surface area contributed by atoms with Gasteiger partial charge in [0.05, 0.1) is 4.88 Å². The first kappa shape index (κ1) is 18.6. The van der Waals surface area contributed by atoms with Crippen LogP contribution >= 0.6 is 11.3 Å². The van der Waals surface area contributed by atoms with E-state index in [0.29, 0.717) is 24.7 Å². The van der Waals surface area contributed by atoms with Crippen molar-refractivity contribution in [1.82, 2.24) is 10.1 Å². The van der Waals surface area contributed by atoms with Gasteiger partial charge in [0.25, 0.3) is 5.89 Å². The molecule has 2 aliphatic rings. The number of thiophene rings is 1. The van der Waals surface area contributed by atoms with Crippen molar-refractivity contribution in [1.29, 1.82) is 0 Å². The molecule has 1 saturated heterocycles. The van der Waals surface area contributed by atoms with Gasteiger partial charge in [-0.25, -0.2) is 0 Å². The molecule has 5 nitrogen and oxygen atoms in total. The zero-order valence-corrected chi connectivity index (χ0v) is 17.9. The van der Waals surface area contributed by atoms with Gasteiger partial charge < -0.3 is 9.42 Å². The Labute approximate surface area is 174 Å². The summed E-state index contributed by atoms with van der Waals surface area (Å²) >= 11 is 1.77. The van der Waals surface area contributed by atoms with Crippen molar-refractivity contribution in [2.75, 3.05) is 11.4 Å². The van der Waals surface area contributed by atoms with Gasteiger partial charge in [0.15, 0.2) is 5.82 Å². The average Bonchev–Trinajstić information content (AvgIpc) is 3.38. The van der Waals surface area contributed by atoms with E-state index in [1.165, 1.54) is 28.8 Å². The van der Waals surface area contributed by atoms with E-state index < -0.39 is 0 Å². The lowest BCUT2D eigenvalue weighted by molar-refractivity contribution is -0.117. The molecule has 3 heterocycles. The summed E-state index contributed by atoms with van der Waals surface area (Å²) in [4.78, 5) is 21.9. The fourth-order valence-electron chi connectivity index (χ4n) is 4.79. The van der Waals surface area contributed by atoms with E-state index in [0.717, 1.165) is 34.5 Å². The molecule has 150 valence electrons. The number of fused-ring (bicyclic) bond motifs is 1. The first-order valence-corrected chi connectivity index (χ1v) is 11.1. The Bertz CT molecular complexity index is 1050. The molecule has 1 fully saturated rings. The lowest BCUT2D eigenvalue weighted by Gasteiger charge is -2.22. The summed E-state index contributed by atoms with van der Waals surface area (Å²) in [5.41, 5.74) is 5.94. The Balaban J connectivity index is 1.39. The number of aromatic nitrogens is 2. The van der Waals surface area contributed by atoms with Crippen LogP contribution in [-0.2, 0) is 17.6 Å². The monoisotopic (exact) mass is 407 g/mol. The Morgan fingerprint density at radius 1 is 1.10 bits per heavy atom. The molecule has 2 aromatic heterocycles. The number of hydrogen-bond acceptors (Lipinski definition) is 5. The molecule has 0 N–H and O–H groups in total. The van der Waals surface area contributed by atoms with Crippen LogP contribution in [-0.4, -0.2) is 22.6 Å². The highest BCUT2D eigenvalue weighted by atomic mass is 32.1. The van der Waals surface area contributed by atoms with Crippen LogP contribution in [0.5, 0.6) is 0 Å². The van der Waals surface area contributed by atoms with Gasteiger partial charge in [-0.2, -0.15) is 4.98 Å². The fourth-order valence-corrected chi connectivity index (χ4v) is 5.97. The fraction of sp³-hybridized carbons (Fsp3) is 0.435. The molecule has 1 aliphatic carbocycles. The predicted octanol–water partition coefficient (Wildman–Crippen LogP) is 5.12. The maximum atomic E-state index is 12.8. The summed E-state index contributed by atoms with van der Waals surface area (Å²) in [5.74, 6) is 1.33. The van der Waals surface area contributed by atoms with Gasteiger partial charge in [0.1, 0.15) is 0 Å². The van der Waals surface area contributed by atoms with Gasteiger partial charge in [0, 0.05) is 29.4 Å². The number of benzene rings is 1. The number of rotatable bonds is 3. The van der Waals surface area contributed by atoms with Gasteiger partial charge in [-0.05, 0) is 69.2 Å². The van der Waals surface area contributed by atoms with Gasteiger partial charge in [-0.1, -0.05) is 22.9 Å². The summed E-state index contributed by atoms with van der Waals surface area (Å²) < 4.78 is 5.60. The van der Waals surface area contributed by atoms with E-state index in [-0.39, 0.29) is 11.8 Å². The lowest BCUT2D eigenvalue weighted by atomic mass is 9.99. The van der Waals surface area contributed by atoms with Crippen molar-refractivity contribution in [2.45, 2.75) is 58.8 Å². The van der Waals surface area contributed by atoms with Crippen LogP contribution < -0.4 is 4.90 Å². The first-order valence-electron chi connectivity index (χ1n) is 10.3. The molecule has 1 aliphatic heterocycles. The second-order valence-electron chi connectivity index (χ2n) is 8.38. The SMILES string of the molecule is Cc1cc(C)c(N2CC(c3noc(-c4cc5c(s4)CCCC5)n3)CC2=O)c(C)c1. The quantitative estimate of drug-likeness (QED) is 0.604. The van der Waals surface area contributed by atoms with Crippen molar-refractivity contribution < 1.29 is 9.32 Å². The van der Waals surface area contributed by atoms with Crippen LogP contribution in [0.15, 0.2) is 22.7 Å². The Morgan fingerprint density at radius 3 is 2.62 bits per heavy atom. The van der Waals surface area contributed by atoms with E-state index in [2.05, 4.69) is 49.1 Å². The second-order valence-corrected chi connectivity index (χ2v) is 9.51. The van der Waals surface area contributed by atoms with E-state index in [4.69, 9.17) is 4.52 Å². The van der Waals surface area contributed by atoms with Crippen molar-refractivity contribution in [3.8, 4) is 10.8 Å². The van der Waals surface area contributed by atoms with Crippen LogP contribution in [0, 0.1) is 20.8 Å². The number of hydrogen-bond donors (Lipinski definition) is 0. The summed E-state index contributed by atoms with van der Waals surface area (Å²) in [7, 11) is 0. The standard InChI is InChI=1S/C23H25N3O2S/c1-13-8-14(2)21(15(3)9-13)26-12-17(11-20(26)27)22-24-23(28-25-22)19-10-16-6-4-5-7-18(16)29-19/h8-10,17H,4-7,11-12H2,1-3H3. The minimum absolute atomic E-state index is 0.0327. The maximum Gasteiger partial charge on any atom is 0.268 e. The zero-order chi connectivity index (χ0) is 20.1. The van der Waals surface area contributed by atoms with Crippen molar-refractivity contribution in [3.63, 3.8) is 0 Å². The molecule has 6 heteroatoms. The van der Waals surface area contributed by atoms with Gasteiger partial charge in [-0.15, -0.1) is 11.3 Å². The molecule has 1 atom stereocenters. The maximum absolute atomic E-state index is 12.8. The topological polar surface area (TPSA) is 59.2 Å². The molecule has 1 unspecified atom stereocenters. The highest BCUT2D eigenvalue weighted by Gasteiger charge is 2.36. The minimum atomic E-state index is -0.0327. The number of amides is 1. The number of carbonyl (C=O) groups excluding carboxylic acids is 1. The van der Waals surface area contributed by atoms with E-state index >= 15 is 0 Å². The largest absolute Gasteiger partial charge is 0.333 e. The number of carbonyl (C=O) groups is 1. The number of anilines is 1. The van der Waals surface area contributed by atoms with E-state index in [1.54, 1.807) is 11.3 Å². The molecular formula is C23H25N3O2S. The summed E-state index contributed by atoms with van der Waals surface area (Å²) in [6.45, 7) is 6.83. The smallest absolute Gasteiger partial charge is 0.268 e. The molecule has 29 heavy (non-hydrogen) atoms. The van der Waals surface area contributed by atoms with Crippen LogP contribution in [0.4, 0.5) is 5.69 Å². The Hall–Kier alpha value is -2.47. The molecule has 0 bridgehead atoms. The molecule has 1 amide bonds. The Morgan fingerprint density at radius 2 is 1.86 bits per heavy atom. The van der Waals surface area contributed by atoms with E-state index in [9.17, 15) is 4.79 Å². The molecule has 5 rings (SSSR count). The van der Waals surface area contributed by atoms with Crippen molar-refractivity contribution in [3.05, 3.63) is 51.2 Å². The molecule has 1 aromatic carbocycles. The van der Waals surface area contributed by atoms with Crippen LogP contribution in [0.2, 0.25) is 0 Å². The van der Waals surface area contributed by atoms with Crippen LogP contribution in [0.3, 0.4) is 0 Å². The summed E-state index contributed by atoms with van der Waals surface area (Å²) in [6, 6.07) is 6.48. The third kappa shape index (κ3) is 3.29. The van der Waals surface area contributed by atoms with Gasteiger partial charge in [0.2, 0.25) is 5.91 Å². The average molecular weight is 408 g/mol. The third-order valence-electron chi connectivity index (χ3n) is 6.04. The third-order valence-corrected chi connectivity index (χ3v) is 7.27. The molecule has 0 radical (unpaired) electrons. The normalized spacial score (nSPS) is 19.1. The summed E-state index contributed by atoms with van der Waals surface area (Å²) in [5, 5.41) is 4.24. The summed E-state index contributed by atoms with van der Waals surface area (Å²) in [6.07, 6.45) is 5.25. The second kappa shape index (κ2) is 7.10. The highest BCUT2D eigenvalue weighted by Crippen LogP contribution is 2.38. The molecule has 0 saturated carbocycles. The molecular weight excluding hydrogens is 382 g/mol. The van der Waals surface area contributed by atoms with Crippen LogP contribution in [0.1, 0.15) is 58.1 Å². The Kier molecular flexibility index (Phi) is 4.54. The first-order chi connectivity index (χ1) is 14.0. The van der Waals surface area contributed by atoms with Crippen molar-refractivity contribution >= 4 is 22.9 Å². The van der Waals surface area contributed by atoms with E-state index in [1.807, 2.05) is 4.90 Å². The van der Waals surface area contributed by atoms with Gasteiger partial charge in [-0.3, -0.25) is 4.79 Å². The predicted molar refractivity (Wildman–Crippen MR) is 115 cm³/mol. The lowest BCUT2D eigenvalue weighted by Crippen LogP contribution is -2.26. The highest BCUT2D eigenvalue weighted by molar-refractivity contribution is 7.15. The number of nitrogens with zero attached hydrogens (tertiary/aromatic N) is 3. The zero-order valence-electron chi connectivity index (χ0n) is 17.1. The van der Waals surface area contributed by atoms with Crippen LogP contribution in [0.25, 0.3) is 10.8 Å².